The fraction of sp³-hybridized carbons (Fsp3) is 0.600. The van der Waals surface area contributed by atoms with Crippen LogP contribution >= 0.6 is 0 Å². The van der Waals surface area contributed by atoms with E-state index in [9.17, 15) is 0 Å². The molecule has 0 saturated carbocycles. The van der Waals surface area contributed by atoms with Crippen LogP contribution in [0.5, 0.6) is 0 Å². The summed E-state index contributed by atoms with van der Waals surface area (Å²) in [6, 6.07) is 0. The molecule has 55 valence electrons. The Labute approximate surface area is 63.6 Å². The van der Waals surface area contributed by atoms with Crippen molar-refractivity contribution in [3.8, 4) is 0 Å². The molecule has 0 aromatic carbocycles. The predicted molar refractivity (Wildman–Crippen MR) is 44.6 cm³/mol. The molecule has 1 rings (SSSR count). The van der Waals surface area contributed by atoms with Gasteiger partial charge in [0.25, 0.3) is 0 Å². The van der Waals surface area contributed by atoms with Gasteiger partial charge in [-0.1, -0.05) is 37.5 Å². The van der Waals surface area contributed by atoms with Crippen LogP contribution < -0.4 is 0 Å². The standard InChI is InChI=1S/C10H15/c1-3-4-5-10-7-6-9(2)8-10/h6,8,10H,3-5H2,1-2H3. The summed E-state index contributed by atoms with van der Waals surface area (Å²) in [6.07, 6.45) is 11.6. The van der Waals surface area contributed by atoms with Gasteiger partial charge in [0.1, 0.15) is 0 Å². The van der Waals surface area contributed by atoms with E-state index < -0.39 is 0 Å². The molecule has 0 nitrogen and oxygen atoms in total. The quantitative estimate of drug-likeness (QED) is 0.557. The largest absolute Gasteiger partial charge is 0.0741 e. The van der Waals surface area contributed by atoms with Gasteiger partial charge in [0.05, 0.1) is 0 Å². The molecule has 10 heavy (non-hydrogen) atoms. The highest BCUT2D eigenvalue weighted by Crippen LogP contribution is 2.19. The normalized spacial score (nSPS) is 23.4. The molecule has 1 aliphatic rings. The highest BCUT2D eigenvalue weighted by atomic mass is 14.1. The molecule has 0 amide bonds. The molecule has 0 aromatic heterocycles. The summed E-state index contributed by atoms with van der Waals surface area (Å²) in [7, 11) is 0. The Kier molecular flexibility index (Phi) is 2.73. The zero-order valence-corrected chi connectivity index (χ0v) is 6.85. The van der Waals surface area contributed by atoms with E-state index in [1.807, 2.05) is 0 Å². The van der Waals surface area contributed by atoms with E-state index in [0.29, 0.717) is 5.92 Å². The monoisotopic (exact) mass is 135 g/mol. The molecule has 1 unspecified atom stereocenters. The van der Waals surface area contributed by atoms with Crippen molar-refractivity contribution in [1.29, 1.82) is 0 Å². The predicted octanol–water partition coefficient (Wildman–Crippen LogP) is 3.11. The molecule has 0 spiro atoms. The van der Waals surface area contributed by atoms with Crippen molar-refractivity contribution in [3.05, 3.63) is 23.8 Å². The Morgan fingerprint density at radius 1 is 1.60 bits per heavy atom. The minimum Gasteiger partial charge on any atom is -0.0741 e. The zero-order valence-electron chi connectivity index (χ0n) is 6.85. The van der Waals surface area contributed by atoms with Gasteiger partial charge in [0, 0.05) is 5.92 Å². The first-order valence-electron chi connectivity index (χ1n) is 4.10. The zero-order chi connectivity index (χ0) is 7.40. The lowest BCUT2D eigenvalue weighted by atomic mass is 10.0. The molecule has 0 bridgehead atoms. The molecular formula is C10H15. The third kappa shape index (κ3) is 2.02. The second-order valence-corrected chi connectivity index (χ2v) is 2.97. The van der Waals surface area contributed by atoms with Crippen molar-refractivity contribution in [1.82, 2.24) is 0 Å². The van der Waals surface area contributed by atoms with Crippen LogP contribution in [0, 0.1) is 12.0 Å². The van der Waals surface area contributed by atoms with Crippen molar-refractivity contribution < 1.29 is 0 Å². The summed E-state index contributed by atoms with van der Waals surface area (Å²) >= 11 is 0. The topological polar surface area (TPSA) is 0 Å². The molecule has 0 aliphatic heterocycles. The van der Waals surface area contributed by atoms with Crippen LogP contribution in [-0.2, 0) is 0 Å². The van der Waals surface area contributed by atoms with Gasteiger partial charge in [-0.2, -0.15) is 0 Å². The molecule has 0 N–H and O–H groups in total. The first-order valence-corrected chi connectivity index (χ1v) is 4.10. The summed E-state index contributed by atoms with van der Waals surface area (Å²) in [5.74, 6) is 0.625. The Hall–Kier alpha value is -0.520. The Bertz CT molecular complexity index is 151. The lowest BCUT2D eigenvalue weighted by molar-refractivity contribution is 0.636. The molecule has 1 aliphatic carbocycles. The molecule has 0 heteroatoms. The Morgan fingerprint density at radius 2 is 2.40 bits per heavy atom. The summed E-state index contributed by atoms with van der Waals surface area (Å²) in [4.78, 5) is 0. The third-order valence-corrected chi connectivity index (χ3v) is 1.86. The van der Waals surface area contributed by atoms with E-state index >= 15 is 0 Å². The van der Waals surface area contributed by atoms with E-state index in [2.05, 4.69) is 32.1 Å². The van der Waals surface area contributed by atoms with Crippen molar-refractivity contribution in [3.63, 3.8) is 0 Å². The number of hydrogen-bond acceptors (Lipinski definition) is 0. The van der Waals surface area contributed by atoms with Gasteiger partial charge in [-0.15, -0.1) is 0 Å². The summed E-state index contributed by atoms with van der Waals surface area (Å²) in [5, 5.41) is 0. The third-order valence-electron chi connectivity index (χ3n) is 1.86. The van der Waals surface area contributed by atoms with Crippen LogP contribution in [-0.4, -0.2) is 0 Å². The van der Waals surface area contributed by atoms with E-state index in [-0.39, 0.29) is 0 Å². The van der Waals surface area contributed by atoms with E-state index in [0.717, 1.165) is 0 Å². The van der Waals surface area contributed by atoms with Gasteiger partial charge in [0.15, 0.2) is 0 Å². The SMILES string of the molecule is CCCCC1[C]=CC(C)=C1. The first-order chi connectivity index (χ1) is 4.83. The number of hydrogen-bond donors (Lipinski definition) is 0. The Balaban J connectivity index is 2.26. The van der Waals surface area contributed by atoms with Gasteiger partial charge >= 0.3 is 0 Å². The molecule has 1 radical (unpaired) electrons. The van der Waals surface area contributed by atoms with Crippen molar-refractivity contribution in [2.45, 2.75) is 33.1 Å². The second kappa shape index (κ2) is 3.60. The minimum absolute atomic E-state index is 0.625. The van der Waals surface area contributed by atoms with Gasteiger partial charge in [0.2, 0.25) is 0 Å². The first kappa shape index (κ1) is 7.59. The van der Waals surface area contributed by atoms with Gasteiger partial charge < -0.3 is 0 Å². The molecular weight excluding hydrogens is 120 g/mol. The second-order valence-electron chi connectivity index (χ2n) is 2.97. The van der Waals surface area contributed by atoms with Crippen LogP contribution in [0.1, 0.15) is 33.1 Å². The van der Waals surface area contributed by atoms with Crippen LogP contribution in [0.3, 0.4) is 0 Å². The highest BCUT2D eigenvalue weighted by Gasteiger charge is 2.05. The summed E-state index contributed by atoms with van der Waals surface area (Å²) < 4.78 is 0. The van der Waals surface area contributed by atoms with E-state index in [1.54, 1.807) is 0 Å². The van der Waals surface area contributed by atoms with Gasteiger partial charge in [-0.25, -0.2) is 0 Å². The fourth-order valence-corrected chi connectivity index (χ4v) is 1.24. The van der Waals surface area contributed by atoms with Crippen LogP contribution in [0.25, 0.3) is 0 Å². The Morgan fingerprint density at radius 3 is 2.90 bits per heavy atom. The fourth-order valence-electron chi connectivity index (χ4n) is 1.24. The molecule has 0 aromatic rings. The minimum atomic E-state index is 0.625. The van der Waals surface area contributed by atoms with Crippen LogP contribution in [0.2, 0.25) is 0 Å². The highest BCUT2D eigenvalue weighted by molar-refractivity contribution is 5.23. The molecule has 0 heterocycles. The van der Waals surface area contributed by atoms with Crippen LogP contribution in [0.15, 0.2) is 17.7 Å². The molecule has 0 saturated heterocycles. The van der Waals surface area contributed by atoms with Gasteiger partial charge in [-0.05, 0) is 19.4 Å². The lowest BCUT2D eigenvalue weighted by Crippen LogP contribution is -1.88. The maximum absolute atomic E-state index is 3.32. The molecule has 1 atom stereocenters. The van der Waals surface area contributed by atoms with E-state index in [4.69, 9.17) is 0 Å². The van der Waals surface area contributed by atoms with E-state index in [1.165, 1.54) is 24.8 Å². The maximum atomic E-state index is 3.32. The van der Waals surface area contributed by atoms with Crippen molar-refractivity contribution in [2.75, 3.05) is 0 Å². The number of allylic oxidation sites excluding steroid dienone is 4. The van der Waals surface area contributed by atoms with Crippen molar-refractivity contribution >= 4 is 0 Å². The van der Waals surface area contributed by atoms with Crippen LogP contribution in [0.4, 0.5) is 0 Å². The lowest BCUT2D eigenvalue weighted by Gasteiger charge is -2.00. The maximum Gasteiger partial charge on any atom is 0.00267 e. The number of unbranched alkanes of at least 4 members (excludes halogenated alkanes) is 1. The number of rotatable bonds is 3. The van der Waals surface area contributed by atoms with Gasteiger partial charge in [-0.3, -0.25) is 0 Å². The smallest absolute Gasteiger partial charge is 0.00267 e. The average molecular weight is 135 g/mol. The molecule has 0 fully saturated rings. The average Bonchev–Trinajstić information content (AvgIpc) is 2.31. The van der Waals surface area contributed by atoms with Crippen molar-refractivity contribution in [2.24, 2.45) is 5.92 Å². The summed E-state index contributed by atoms with van der Waals surface area (Å²) in [5.41, 5.74) is 1.38. The summed E-state index contributed by atoms with van der Waals surface area (Å²) in [6.45, 7) is 4.37.